The number of hydrogen-bond acceptors (Lipinski definition) is 5. The summed E-state index contributed by atoms with van der Waals surface area (Å²) in [5.41, 5.74) is 2.68. The van der Waals surface area contributed by atoms with Crippen LogP contribution in [0.5, 0.6) is 5.75 Å². The lowest BCUT2D eigenvalue weighted by Gasteiger charge is -2.24. The zero-order valence-corrected chi connectivity index (χ0v) is 23.8. The van der Waals surface area contributed by atoms with Crippen LogP contribution in [0.25, 0.3) is 16.9 Å². The van der Waals surface area contributed by atoms with Crippen LogP contribution >= 0.6 is 11.8 Å². The normalized spacial score (nSPS) is 15.7. The van der Waals surface area contributed by atoms with Gasteiger partial charge in [0.25, 0.3) is 0 Å². The van der Waals surface area contributed by atoms with Gasteiger partial charge in [0.2, 0.25) is 11.8 Å². The first kappa shape index (κ1) is 28.4. The van der Waals surface area contributed by atoms with Gasteiger partial charge in [-0.1, -0.05) is 43.3 Å². The van der Waals surface area contributed by atoms with E-state index in [1.807, 2.05) is 44.2 Å². The third-order valence-corrected chi connectivity index (χ3v) is 8.26. The number of nitrogens with one attached hydrogen (secondary N) is 1. The highest BCUT2D eigenvalue weighted by molar-refractivity contribution is 8.00. The molecule has 41 heavy (non-hydrogen) atoms. The SMILES string of the molecule is CC[C@@H](C)NC(=O)CN1C(=O)CS[C@H](c2ccc(F)cc2F)c2c(-c3ccccc3)nn(-c3ccc(OC)cc3)c21. The molecule has 10 heteroatoms. The van der Waals surface area contributed by atoms with Crippen molar-refractivity contribution in [1.29, 1.82) is 0 Å². The van der Waals surface area contributed by atoms with Crippen LogP contribution in [0.3, 0.4) is 0 Å². The number of ether oxygens (including phenoxy) is 1. The fraction of sp³-hybridized carbons (Fsp3) is 0.258. The zero-order chi connectivity index (χ0) is 29.1. The maximum absolute atomic E-state index is 15.3. The van der Waals surface area contributed by atoms with Gasteiger partial charge in [0.05, 0.1) is 29.5 Å². The first-order valence-electron chi connectivity index (χ1n) is 13.3. The number of halogens is 2. The predicted octanol–water partition coefficient (Wildman–Crippen LogP) is 5.91. The summed E-state index contributed by atoms with van der Waals surface area (Å²) in [7, 11) is 1.57. The summed E-state index contributed by atoms with van der Waals surface area (Å²) in [5.74, 6) is -1.09. The number of aromatic nitrogens is 2. The molecule has 4 aromatic rings. The van der Waals surface area contributed by atoms with E-state index < -0.39 is 16.9 Å². The van der Waals surface area contributed by atoms with Crippen LogP contribution in [-0.4, -0.2) is 47.0 Å². The zero-order valence-electron chi connectivity index (χ0n) is 22.9. The number of anilines is 1. The molecule has 0 saturated heterocycles. The molecule has 0 bridgehead atoms. The second kappa shape index (κ2) is 12.1. The molecular formula is C31H30F2N4O3S. The third-order valence-electron chi connectivity index (χ3n) is 7.02. The highest BCUT2D eigenvalue weighted by atomic mass is 32.2. The Labute approximate surface area is 241 Å². The van der Waals surface area contributed by atoms with Gasteiger partial charge in [0, 0.05) is 28.8 Å². The third kappa shape index (κ3) is 5.83. The molecule has 0 fully saturated rings. The average molecular weight is 577 g/mol. The lowest BCUT2D eigenvalue weighted by molar-refractivity contribution is -0.123. The molecule has 0 saturated carbocycles. The fourth-order valence-corrected chi connectivity index (χ4v) is 5.98. The lowest BCUT2D eigenvalue weighted by Crippen LogP contribution is -2.44. The van der Waals surface area contributed by atoms with Crippen LogP contribution in [0.1, 0.15) is 36.6 Å². The van der Waals surface area contributed by atoms with Crippen molar-refractivity contribution in [2.45, 2.75) is 31.6 Å². The predicted molar refractivity (Wildman–Crippen MR) is 156 cm³/mol. The number of carbonyl (C=O) groups is 2. The molecule has 0 radical (unpaired) electrons. The number of rotatable bonds is 8. The summed E-state index contributed by atoms with van der Waals surface area (Å²) >= 11 is 1.22. The molecule has 2 atom stereocenters. The molecule has 3 aromatic carbocycles. The van der Waals surface area contributed by atoms with Gasteiger partial charge in [-0.05, 0) is 43.7 Å². The van der Waals surface area contributed by atoms with Gasteiger partial charge < -0.3 is 10.1 Å². The van der Waals surface area contributed by atoms with Gasteiger partial charge in [-0.2, -0.15) is 5.10 Å². The van der Waals surface area contributed by atoms with Gasteiger partial charge in [-0.3, -0.25) is 14.5 Å². The Morgan fingerprint density at radius 2 is 1.85 bits per heavy atom. The van der Waals surface area contributed by atoms with E-state index in [0.29, 0.717) is 28.5 Å². The van der Waals surface area contributed by atoms with Crippen molar-refractivity contribution < 1.29 is 23.1 Å². The van der Waals surface area contributed by atoms with E-state index in [2.05, 4.69) is 5.32 Å². The number of fused-ring (bicyclic) bond motifs is 1. The van der Waals surface area contributed by atoms with E-state index in [1.165, 1.54) is 28.8 Å². The Kier molecular flexibility index (Phi) is 8.39. The Morgan fingerprint density at radius 3 is 2.51 bits per heavy atom. The number of carbonyl (C=O) groups excluding carboxylic acids is 2. The number of hydrogen-bond donors (Lipinski definition) is 1. The van der Waals surface area contributed by atoms with Crippen LogP contribution in [0.2, 0.25) is 0 Å². The number of methoxy groups -OCH3 is 1. The van der Waals surface area contributed by atoms with E-state index >= 15 is 4.39 Å². The Bertz CT molecular complexity index is 1560. The molecule has 0 aliphatic carbocycles. The molecule has 0 unspecified atom stereocenters. The molecule has 1 aliphatic heterocycles. The summed E-state index contributed by atoms with van der Waals surface area (Å²) in [6.07, 6.45) is 0.731. The first-order chi connectivity index (χ1) is 19.8. The van der Waals surface area contributed by atoms with Gasteiger partial charge in [0.15, 0.2) is 0 Å². The van der Waals surface area contributed by atoms with E-state index in [0.717, 1.165) is 18.1 Å². The Morgan fingerprint density at radius 1 is 1.12 bits per heavy atom. The van der Waals surface area contributed by atoms with Crippen molar-refractivity contribution in [3.8, 4) is 22.7 Å². The molecule has 5 rings (SSSR count). The number of benzene rings is 3. The van der Waals surface area contributed by atoms with Crippen LogP contribution in [0, 0.1) is 11.6 Å². The van der Waals surface area contributed by atoms with Gasteiger partial charge in [-0.15, -0.1) is 11.8 Å². The number of thioether (sulfide) groups is 1. The summed E-state index contributed by atoms with van der Waals surface area (Å²) in [4.78, 5) is 28.3. The fourth-order valence-electron chi connectivity index (χ4n) is 4.76. The second-order valence-corrected chi connectivity index (χ2v) is 10.9. The maximum Gasteiger partial charge on any atom is 0.240 e. The largest absolute Gasteiger partial charge is 0.497 e. The Hall–Kier alpha value is -4.18. The van der Waals surface area contributed by atoms with Crippen LogP contribution in [0.15, 0.2) is 72.8 Å². The highest BCUT2D eigenvalue weighted by Crippen LogP contribution is 2.49. The van der Waals surface area contributed by atoms with E-state index in [1.54, 1.807) is 36.1 Å². The van der Waals surface area contributed by atoms with Crippen molar-refractivity contribution in [2.24, 2.45) is 0 Å². The minimum Gasteiger partial charge on any atom is -0.497 e. The minimum atomic E-state index is -0.722. The molecule has 7 nitrogen and oxygen atoms in total. The second-order valence-electron chi connectivity index (χ2n) is 9.78. The summed E-state index contributed by atoms with van der Waals surface area (Å²) in [5, 5.41) is 7.19. The van der Waals surface area contributed by atoms with Gasteiger partial charge in [0.1, 0.15) is 29.7 Å². The quantitative estimate of drug-likeness (QED) is 0.282. The van der Waals surface area contributed by atoms with E-state index in [-0.39, 0.29) is 35.7 Å². The smallest absolute Gasteiger partial charge is 0.240 e. The molecule has 0 spiro atoms. The van der Waals surface area contributed by atoms with Crippen molar-refractivity contribution in [3.63, 3.8) is 0 Å². The Balaban J connectivity index is 1.78. The maximum atomic E-state index is 15.3. The average Bonchev–Trinajstić information content (AvgIpc) is 3.31. The molecule has 2 amide bonds. The van der Waals surface area contributed by atoms with Crippen LogP contribution in [0.4, 0.5) is 14.6 Å². The molecule has 212 valence electrons. The van der Waals surface area contributed by atoms with Crippen molar-refractivity contribution in [1.82, 2.24) is 15.1 Å². The topological polar surface area (TPSA) is 76.5 Å². The standard InChI is InChI=1S/C31H30F2N4O3S/c1-4-19(2)34-26(38)17-36-27(39)18-41-30(24-15-10-21(32)16-25(24)33)28-29(20-8-6-5-7-9-20)35-37(31(28)36)22-11-13-23(40-3)14-12-22/h5-16,19,30H,4,17-18H2,1-3H3,(H,34,38)/t19-,30-/m1/s1. The van der Waals surface area contributed by atoms with Crippen LogP contribution < -0.4 is 15.0 Å². The monoisotopic (exact) mass is 576 g/mol. The number of nitrogens with zero attached hydrogens (tertiary/aromatic N) is 3. The number of amides is 2. The highest BCUT2D eigenvalue weighted by Gasteiger charge is 2.38. The van der Waals surface area contributed by atoms with Crippen molar-refractivity contribution >= 4 is 29.4 Å². The molecule has 1 N–H and O–H groups in total. The molecule has 2 heterocycles. The summed E-state index contributed by atoms with van der Waals surface area (Å²) in [6, 6.07) is 19.9. The first-order valence-corrected chi connectivity index (χ1v) is 14.3. The summed E-state index contributed by atoms with van der Waals surface area (Å²) < 4.78 is 36.2. The molecular weight excluding hydrogens is 546 g/mol. The van der Waals surface area contributed by atoms with Crippen LogP contribution in [-0.2, 0) is 9.59 Å². The molecule has 1 aliphatic rings. The summed E-state index contributed by atoms with van der Waals surface area (Å²) in [6.45, 7) is 3.61. The van der Waals surface area contributed by atoms with Gasteiger partial charge >= 0.3 is 0 Å². The molecule has 1 aromatic heterocycles. The van der Waals surface area contributed by atoms with E-state index in [4.69, 9.17) is 9.84 Å². The minimum absolute atomic E-state index is 0.0242. The van der Waals surface area contributed by atoms with Gasteiger partial charge in [-0.25, -0.2) is 13.5 Å². The van der Waals surface area contributed by atoms with Crippen molar-refractivity contribution in [3.05, 3.63) is 95.6 Å². The lowest BCUT2D eigenvalue weighted by atomic mass is 9.99. The van der Waals surface area contributed by atoms with E-state index in [9.17, 15) is 14.0 Å². The van der Waals surface area contributed by atoms with Crippen molar-refractivity contribution in [2.75, 3.05) is 24.3 Å².